The smallest absolute Gasteiger partial charge is 0.264 e. The molecular formula is C23H25ClN2O4S. The van der Waals surface area contributed by atoms with E-state index in [-0.39, 0.29) is 17.3 Å². The molecule has 2 aromatic rings. The van der Waals surface area contributed by atoms with Crippen molar-refractivity contribution in [3.8, 4) is 5.75 Å². The van der Waals surface area contributed by atoms with Gasteiger partial charge in [0.25, 0.3) is 15.9 Å². The van der Waals surface area contributed by atoms with Gasteiger partial charge in [0.15, 0.2) is 6.10 Å². The van der Waals surface area contributed by atoms with Crippen molar-refractivity contribution in [2.75, 3.05) is 17.4 Å². The van der Waals surface area contributed by atoms with Gasteiger partial charge in [0.05, 0.1) is 17.1 Å². The monoisotopic (exact) mass is 460 g/mol. The molecule has 1 atom stereocenters. The third kappa shape index (κ3) is 4.72. The molecule has 2 aromatic carbocycles. The molecule has 0 spiro atoms. The summed E-state index contributed by atoms with van der Waals surface area (Å²) < 4.78 is 34.0. The van der Waals surface area contributed by atoms with E-state index in [0.717, 1.165) is 24.8 Å². The number of hydrogen-bond acceptors (Lipinski definition) is 4. The molecule has 2 aliphatic rings. The minimum absolute atomic E-state index is 0.131. The van der Waals surface area contributed by atoms with Crippen LogP contribution in [-0.4, -0.2) is 33.5 Å². The predicted molar refractivity (Wildman–Crippen MR) is 121 cm³/mol. The van der Waals surface area contributed by atoms with Crippen LogP contribution in [0.15, 0.2) is 59.0 Å². The normalized spacial score (nSPS) is 18.6. The highest BCUT2D eigenvalue weighted by molar-refractivity contribution is 7.92. The third-order valence-electron chi connectivity index (χ3n) is 5.57. The number of rotatable bonds is 5. The van der Waals surface area contributed by atoms with E-state index < -0.39 is 16.1 Å². The first-order valence-corrected chi connectivity index (χ1v) is 12.2. The van der Waals surface area contributed by atoms with Crippen LogP contribution in [0.4, 0.5) is 5.69 Å². The fourth-order valence-corrected chi connectivity index (χ4v) is 5.44. The number of anilines is 1. The van der Waals surface area contributed by atoms with E-state index in [9.17, 15) is 13.2 Å². The molecule has 4 rings (SSSR count). The van der Waals surface area contributed by atoms with E-state index in [1.54, 1.807) is 42.5 Å². The lowest BCUT2D eigenvalue weighted by atomic mass is 10.00. The second-order valence-corrected chi connectivity index (χ2v) is 10.2. The van der Waals surface area contributed by atoms with Crippen LogP contribution in [0.1, 0.15) is 31.2 Å². The van der Waals surface area contributed by atoms with E-state index in [2.05, 4.69) is 11.4 Å². The maximum Gasteiger partial charge on any atom is 0.264 e. The van der Waals surface area contributed by atoms with Crippen LogP contribution in [0, 0.1) is 6.92 Å². The second kappa shape index (κ2) is 8.93. The van der Waals surface area contributed by atoms with Gasteiger partial charge in [-0.2, -0.15) is 0 Å². The maximum atomic E-state index is 13.4. The molecular weight excluding hydrogens is 436 g/mol. The van der Waals surface area contributed by atoms with Gasteiger partial charge in [0.1, 0.15) is 5.75 Å². The Bertz CT molecular complexity index is 1110. The summed E-state index contributed by atoms with van der Waals surface area (Å²) in [6.45, 7) is 2.22. The van der Waals surface area contributed by atoms with Gasteiger partial charge in [0.2, 0.25) is 0 Å². The first kappa shape index (κ1) is 21.7. The number of carbonyl (C=O) groups excluding carboxylic acids is 1. The number of hydrogen-bond donors (Lipinski definition) is 1. The average molecular weight is 461 g/mol. The number of allylic oxidation sites excluding steroid dienone is 1. The summed E-state index contributed by atoms with van der Waals surface area (Å²) in [5.41, 5.74) is 2.48. The molecule has 6 nitrogen and oxygen atoms in total. The van der Waals surface area contributed by atoms with Crippen molar-refractivity contribution in [1.82, 2.24) is 5.32 Å². The maximum absolute atomic E-state index is 13.4. The highest BCUT2D eigenvalue weighted by Crippen LogP contribution is 2.38. The molecule has 1 aliphatic carbocycles. The Morgan fingerprint density at radius 1 is 1.19 bits per heavy atom. The van der Waals surface area contributed by atoms with Gasteiger partial charge < -0.3 is 10.1 Å². The minimum atomic E-state index is -3.91. The lowest BCUT2D eigenvalue weighted by Crippen LogP contribution is -2.51. The fourth-order valence-electron chi connectivity index (χ4n) is 3.81. The zero-order valence-corrected chi connectivity index (χ0v) is 18.9. The molecule has 0 bridgehead atoms. The van der Waals surface area contributed by atoms with E-state index >= 15 is 0 Å². The topological polar surface area (TPSA) is 75.7 Å². The zero-order chi connectivity index (χ0) is 22.0. The van der Waals surface area contributed by atoms with E-state index in [0.29, 0.717) is 23.0 Å². The SMILES string of the molecule is Cc1ccc(S(=O)(=O)N2CC(C(=O)NCC3=CCCCC3)Oc3ccc(Cl)cc32)cc1. The lowest BCUT2D eigenvalue weighted by Gasteiger charge is -2.35. The van der Waals surface area contributed by atoms with Crippen molar-refractivity contribution in [1.29, 1.82) is 0 Å². The van der Waals surface area contributed by atoms with Crippen molar-refractivity contribution < 1.29 is 17.9 Å². The molecule has 0 radical (unpaired) electrons. The van der Waals surface area contributed by atoms with Gasteiger partial charge in [-0.25, -0.2) is 8.42 Å². The van der Waals surface area contributed by atoms with Crippen LogP contribution < -0.4 is 14.4 Å². The summed E-state index contributed by atoms with van der Waals surface area (Å²) in [5, 5.41) is 3.29. The van der Waals surface area contributed by atoms with Crippen LogP contribution in [-0.2, 0) is 14.8 Å². The fraction of sp³-hybridized carbons (Fsp3) is 0.348. The van der Waals surface area contributed by atoms with Gasteiger partial charge in [-0.3, -0.25) is 9.10 Å². The first-order valence-electron chi connectivity index (χ1n) is 10.4. The standard InChI is InChI=1S/C23H25ClN2O4S/c1-16-7-10-19(11-8-16)31(28,29)26-15-22(30-21-12-9-18(24)13-20(21)26)23(27)25-14-17-5-3-2-4-6-17/h5,7-13,22H,2-4,6,14-15H2,1H3,(H,25,27). The molecule has 0 saturated heterocycles. The number of nitrogens with one attached hydrogen (secondary N) is 1. The number of halogens is 1. The van der Waals surface area contributed by atoms with Gasteiger partial charge in [-0.05, 0) is 62.9 Å². The molecule has 1 heterocycles. The summed E-state index contributed by atoms with van der Waals surface area (Å²) in [6.07, 6.45) is 5.50. The molecule has 8 heteroatoms. The first-order chi connectivity index (χ1) is 14.8. The number of aryl methyl sites for hydroxylation is 1. The molecule has 1 N–H and O–H groups in total. The highest BCUT2D eigenvalue weighted by Gasteiger charge is 2.37. The summed E-state index contributed by atoms with van der Waals surface area (Å²) in [6, 6.07) is 11.4. The molecule has 31 heavy (non-hydrogen) atoms. The van der Waals surface area contributed by atoms with Crippen molar-refractivity contribution in [2.45, 2.75) is 43.6 Å². The van der Waals surface area contributed by atoms with Crippen LogP contribution in [0.5, 0.6) is 5.75 Å². The number of nitrogens with zero attached hydrogens (tertiary/aromatic N) is 1. The molecule has 0 fully saturated rings. The number of amides is 1. The van der Waals surface area contributed by atoms with E-state index in [1.165, 1.54) is 16.3 Å². The van der Waals surface area contributed by atoms with Gasteiger partial charge in [-0.15, -0.1) is 0 Å². The van der Waals surface area contributed by atoms with Crippen molar-refractivity contribution in [3.05, 3.63) is 64.7 Å². The summed E-state index contributed by atoms with van der Waals surface area (Å²) >= 11 is 6.13. The molecule has 0 saturated carbocycles. The summed E-state index contributed by atoms with van der Waals surface area (Å²) in [5.74, 6) is -0.0282. The third-order valence-corrected chi connectivity index (χ3v) is 7.60. The van der Waals surface area contributed by atoms with Crippen LogP contribution in [0.3, 0.4) is 0 Å². The Kier molecular flexibility index (Phi) is 6.25. The second-order valence-electron chi connectivity index (χ2n) is 7.89. The van der Waals surface area contributed by atoms with Crippen molar-refractivity contribution >= 4 is 33.2 Å². The Morgan fingerprint density at radius 3 is 2.68 bits per heavy atom. The summed E-state index contributed by atoms with van der Waals surface area (Å²) in [4.78, 5) is 13.0. The average Bonchev–Trinajstić information content (AvgIpc) is 2.77. The molecule has 1 amide bonds. The van der Waals surface area contributed by atoms with Crippen LogP contribution in [0.25, 0.3) is 0 Å². The Morgan fingerprint density at radius 2 is 1.97 bits per heavy atom. The quantitative estimate of drug-likeness (QED) is 0.678. The molecule has 0 aromatic heterocycles. The molecule has 1 aliphatic heterocycles. The van der Waals surface area contributed by atoms with Crippen molar-refractivity contribution in [2.24, 2.45) is 0 Å². The highest BCUT2D eigenvalue weighted by atomic mass is 35.5. The largest absolute Gasteiger partial charge is 0.476 e. The Labute approximate surface area is 187 Å². The molecule has 164 valence electrons. The van der Waals surface area contributed by atoms with Crippen molar-refractivity contribution in [3.63, 3.8) is 0 Å². The lowest BCUT2D eigenvalue weighted by molar-refractivity contribution is -0.127. The van der Waals surface area contributed by atoms with Gasteiger partial charge in [-0.1, -0.05) is 40.9 Å². The van der Waals surface area contributed by atoms with Crippen LogP contribution in [0.2, 0.25) is 5.02 Å². The predicted octanol–water partition coefficient (Wildman–Crippen LogP) is 4.22. The Balaban J connectivity index is 1.61. The number of carbonyl (C=O) groups is 1. The van der Waals surface area contributed by atoms with Gasteiger partial charge >= 0.3 is 0 Å². The Hall–Kier alpha value is -2.51. The van der Waals surface area contributed by atoms with E-state index in [4.69, 9.17) is 16.3 Å². The number of benzene rings is 2. The van der Waals surface area contributed by atoms with Gasteiger partial charge in [0, 0.05) is 11.6 Å². The molecule has 1 unspecified atom stereocenters. The number of sulfonamides is 1. The minimum Gasteiger partial charge on any atom is -0.476 e. The number of ether oxygens (including phenoxy) is 1. The zero-order valence-electron chi connectivity index (χ0n) is 17.3. The van der Waals surface area contributed by atoms with E-state index in [1.807, 2.05) is 6.92 Å². The van der Waals surface area contributed by atoms with Crippen LogP contribution >= 0.6 is 11.6 Å². The summed E-state index contributed by atoms with van der Waals surface area (Å²) in [7, 11) is -3.91. The number of fused-ring (bicyclic) bond motifs is 1.